The van der Waals surface area contributed by atoms with Gasteiger partial charge in [-0.25, -0.2) is 4.98 Å². The first-order chi connectivity index (χ1) is 14.1. The second kappa shape index (κ2) is 8.19. The molecule has 0 aliphatic carbocycles. The van der Waals surface area contributed by atoms with Crippen LogP contribution in [0.15, 0.2) is 73.2 Å². The molecule has 1 amide bonds. The van der Waals surface area contributed by atoms with Crippen LogP contribution in [0.25, 0.3) is 10.8 Å². The Morgan fingerprint density at radius 3 is 2.76 bits per heavy atom. The van der Waals surface area contributed by atoms with Gasteiger partial charge < -0.3 is 15.6 Å². The summed E-state index contributed by atoms with van der Waals surface area (Å²) in [6.45, 7) is 4.60. The molecule has 146 valence electrons. The van der Waals surface area contributed by atoms with E-state index in [-0.39, 0.29) is 11.9 Å². The zero-order chi connectivity index (χ0) is 20.2. The van der Waals surface area contributed by atoms with Crippen molar-refractivity contribution in [2.75, 3.05) is 5.32 Å². The van der Waals surface area contributed by atoms with E-state index in [9.17, 15) is 4.79 Å². The van der Waals surface area contributed by atoms with Crippen molar-refractivity contribution in [3.63, 3.8) is 0 Å². The molecule has 4 aromatic rings. The van der Waals surface area contributed by atoms with Gasteiger partial charge in [0, 0.05) is 17.4 Å². The number of carbonyl (C=O) groups excluding carboxylic acids is 1. The van der Waals surface area contributed by atoms with Gasteiger partial charge in [-0.3, -0.25) is 4.79 Å². The van der Waals surface area contributed by atoms with Crippen LogP contribution < -0.4 is 10.6 Å². The number of carbonyl (C=O) groups is 1. The molecule has 3 N–H and O–H groups in total. The monoisotopic (exact) mass is 384 g/mol. The van der Waals surface area contributed by atoms with Crippen molar-refractivity contribution in [2.24, 2.45) is 0 Å². The molecule has 0 saturated carbocycles. The van der Waals surface area contributed by atoms with E-state index in [1.165, 1.54) is 5.39 Å². The minimum atomic E-state index is -0.102. The number of hydrogen-bond donors (Lipinski definition) is 3. The topological polar surface area (TPSA) is 69.8 Å². The van der Waals surface area contributed by atoms with Gasteiger partial charge in [0.15, 0.2) is 0 Å². The van der Waals surface area contributed by atoms with Crippen LogP contribution in [0.3, 0.4) is 0 Å². The average Bonchev–Trinajstić information content (AvgIpc) is 3.26. The Morgan fingerprint density at radius 2 is 1.93 bits per heavy atom. The van der Waals surface area contributed by atoms with Crippen LogP contribution in [0.4, 0.5) is 5.69 Å². The predicted octanol–water partition coefficient (Wildman–Crippen LogP) is 4.97. The highest BCUT2D eigenvalue weighted by Crippen LogP contribution is 2.25. The number of benzene rings is 3. The molecule has 0 aliphatic rings. The van der Waals surface area contributed by atoms with E-state index in [2.05, 4.69) is 44.9 Å². The largest absolute Gasteiger partial charge is 0.379 e. The number of aromatic nitrogens is 2. The van der Waals surface area contributed by atoms with Gasteiger partial charge in [-0.05, 0) is 47.9 Å². The van der Waals surface area contributed by atoms with Gasteiger partial charge in [-0.1, -0.05) is 48.5 Å². The average molecular weight is 384 g/mol. The lowest BCUT2D eigenvalue weighted by Gasteiger charge is -2.18. The molecule has 0 saturated heterocycles. The van der Waals surface area contributed by atoms with Gasteiger partial charge in [0.2, 0.25) is 0 Å². The first-order valence-electron chi connectivity index (χ1n) is 9.72. The van der Waals surface area contributed by atoms with Crippen LogP contribution in [0.2, 0.25) is 0 Å². The Kier molecular flexibility index (Phi) is 5.29. The third-order valence-corrected chi connectivity index (χ3v) is 5.16. The van der Waals surface area contributed by atoms with Crippen molar-refractivity contribution < 1.29 is 4.79 Å². The fourth-order valence-corrected chi connectivity index (χ4v) is 3.54. The standard InChI is InChI=1S/C24H24N4O/c1-16-10-11-19(26-14-20-13-25-15-27-20)12-23(16)24(29)28-17(2)21-9-5-7-18-6-3-4-8-22(18)21/h3-13,15,17,26H,14H2,1-2H3,(H,25,27)(H,28,29)/t17-/m1/s1. The number of rotatable bonds is 6. The molecule has 0 spiro atoms. The molecule has 1 heterocycles. The maximum atomic E-state index is 13.0. The Balaban J connectivity index is 1.52. The van der Waals surface area contributed by atoms with Crippen LogP contribution >= 0.6 is 0 Å². The molecular weight excluding hydrogens is 360 g/mol. The number of hydrogen-bond acceptors (Lipinski definition) is 3. The Bertz CT molecular complexity index is 1130. The van der Waals surface area contributed by atoms with E-state index in [0.717, 1.165) is 27.9 Å². The van der Waals surface area contributed by atoms with Gasteiger partial charge in [-0.2, -0.15) is 0 Å². The van der Waals surface area contributed by atoms with Crippen LogP contribution in [-0.2, 0) is 6.54 Å². The minimum absolute atomic E-state index is 0.0758. The van der Waals surface area contributed by atoms with Crippen molar-refractivity contribution in [3.05, 3.63) is 95.6 Å². The summed E-state index contributed by atoms with van der Waals surface area (Å²) in [5.74, 6) is -0.0758. The summed E-state index contributed by atoms with van der Waals surface area (Å²) in [4.78, 5) is 20.1. The number of fused-ring (bicyclic) bond motifs is 1. The summed E-state index contributed by atoms with van der Waals surface area (Å²) in [7, 11) is 0. The summed E-state index contributed by atoms with van der Waals surface area (Å²) in [6, 6.07) is 20.2. The van der Waals surface area contributed by atoms with Crippen molar-refractivity contribution >= 4 is 22.4 Å². The molecule has 0 aliphatic heterocycles. The third-order valence-electron chi connectivity index (χ3n) is 5.16. The molecule has 4 rings (SSSR count). The zero-order valence-corrected chi connectivity index (χ0v) is 16.6. The second-order valence-corrected chi connectivity index (χ2v) is 7.22. The van der Waals surface area contributed by atoms with Gasteiger partial charge >= 0.3 is 0 Å². The van der Waals surface area contributed by atoms with E-state index in [0.29, 0.717) is 12.1 Å². The molecule has 0 bridgehead atoms. The van der Waals surface area contributed by atoms with E-state index < -0.39 is 0 Å². The van der Waals surface area contributed by atoms with Gasteiger partial charge in [0.25, 0.3) is 5.91 Å². The lowest BCUT2D eigenvalue weighted by atomic mass is 9.99. The molecule has 0 unspecified atom stereocenters. The smallest absolute Gasteiger partial charge is 0.252 e. The summed E-state index contributed by atoms with van der Waals surface area (Å²) in [5.41, 5.74) is 4.61. The number of aromatic amines is 1. The van der Waals surface area contributed by atoms with Crippen molar-refractivity contribution in [1.82, 2.24) is 15.3 Å². The van der Waals surface area contributed by atoms with Crippen LogP contribution in [0.5, 0.6) is 0 Å². The lowest BCUT2D eigenvalue weighted by molar-refractivity contribution is 0.0939. The Labute approximate surface area is 170 Å². The number of anilines is 1. The summed E-state index contributed by atoms with van der Waals surface area (Å²) in [5, 5.41) is 8.82. The van der Waals surface area contributed by atoms with E-state index in [4.69, 9.17) is 0 Å². The highest BCUT2D eigenvalue weighted by atomic mass is 16.1. The SMILES string of the molecule is Cc1ccc(NCc2cnc[nH]2)cc1C(=O)N[C@H](C)c1cccc2ccccc12. The van der Waals surface area contributed by atoms with Crippen molar-refractivity contribution in [2.45, 2.75) is 26.4 Å². The number of nitrogens with zero attached hydrogens (tertiary/aromatic N) is 1. The van der Waals surface area contributed by atoms with E-state index in [1.54, 1.807) is 12.5 Å². The molecule has 5 heteroatoms. The van der Waals surface area contributed by atoms with Gasteiger partial charge in [0.05, 0.1) is 24.6 Å². The third kappa shape index (κ3) is 4.14. The highest BCUT2D eigenvalue weighted by Gasteiger charge is 2.15. The highest BCUT2D eigenvalue weighted by molar-refractivity contribution is 5.97. The number of imidazole rings is 1. The maximum Gasteiger partial charge on any atom is 0.252 e. The van der Waals surface area contributed by atoms with E-state index >= 15 is 0 Å². The predicted molar refractivity (Wildman–Crippen MR) is 117 cm³/mol. The van der Waals surface area contributed by atoms with Crippen LogP contribution in [0.1, 0.15) is 40.1 Å². The normalized spacial score (nSPS) is 11.9. The molecule has 3 aromatic carbocycles. The molecule has 29 heavy (non-hydrogen) atoms. The summed E-state index contributed by atoms with van der Waals surface area (Å²) >= 11 is 0. The quantitative estimate of drug-likeness (QED) is 0.439. The van der Waals surface area contributed by atoms with Gasteiger partial charge in [0.1, 0.15) is 0 Å². The number of nitrogens with one attached hydrogen (secondary N) is 3. The zero-order valence-electron chi connectivity index (χ0n) is 16.6. The summed E-state index contributed by atoms with van der Waals surface area (Å²) in [6.07, 6.45) is 3.43. The Morgan fingerprint density at radius 1 is 1.10 bits per heavy atom. The first-order valence-corrected chi connectivity index (χ1v) is 9.72. The molecule has 0 fully saturated rings. The van der Waals surface area contributed by atoms with Crippen LogP contribution in [0, 0.1) is 6.92 Å². The molecule has 1 aromatic heterocycles. The Hall–Kier alpha value is -3.60. The molecule has 0 radical (unpaired) electrons. The number of H-pyrrole nitrogens is 1. The fourth-order valence-electron chi connectivity index (χ4n) is 3.54. The van der Waals surface area contributed by atoms with Crippen molar-refractivity contribution in [3.8, 4) is 0 Å². The summed E-state index contributed by atoms with van der Waals surface area (Å²) < 4.78 is 0. The number of aryl methyl sites for hydroxylation is 1. The number of amides is 1. The lowest BCUT2D eigenvalue weighted by Crippen LogP contribution is -2.27. The molecular formula is C24H24N4O. The van der Waals surface area contributed by atoms with Crippen LogP contribution in [-0.4, -0.2) is 15.9 Å². The minimum Gasteiger partial charge on any atom is -0.379 e. The first kappa shape index (κ1) is 18.7. The van der Waals surface area contributed by atoms with Gasteiger partial charge in [-0.15, -0.1) is 0 Å². The van der Waals surface area contributed by atoms with E-state index in [1.807, 2.05) is 50.2 Å². The second-order valence-electron chi connectivity index (χ2n) is 7.22. The van der Waals surface area contributed by atoms with Crippen molar-refractivity contribution in [1.29, 1.82) is 0 Å². The molecule has 5 nitrogen and oxygen atoms in total. The maximum absolute atomic E-state index is 13.0. The fraction of sp³-hybridized carbons (Fsp3) is 0.167. The molecule has 1 atom stereocenters.